The lowest BCUT2D eigenvalue weighted by atomic mass is 9.80. The average molecular weight is 626 g/mol. The maximum Gasteiger partial charge on any atom is 0.336 e. The lowest BCUT2D eigenvalue weighted by Gasteiger charge is -2.31. The quantitative estimate of drug-likeness (QED) is 0.246. The molecule has 0 unspecified atom stereocenters. The van der Waals surface area contributed by atoms with Crippen LogP contribution in [0.1, 0.15) is 54.9 Å². The third-order valence-corrected chi connectivity index (χ3v) is 9.57. The van der Waals surface area contributed by atoms with Gasteiger partial charge < -0.3 is 19.5 Å². The Kier molecular flexibility index (Phi) is 8.83. The van der Waals surface area contributed by atoms with Crippen LogP contribution in [-0.4, -0.2) is 68.0 Å². The molecule has 232 valence electrons. The number of ether oxygens (including phenoxy) is 3. The number of dihydropyridines is 1. The van der Waals surface area contributed by atoms with Crippen molar-refractivity contribution in [3.63, 3.8) is 0 Å². The summed E-state index contributed by atoms with van der Waals surface area (Å²) in [6, 6.07) is 11.4. The van der Waals surface area contributed by atoms with Crippen molar-refractivity contribution in [2.75, 3.05) is 26.4 Å². The van der Waals surface area contributed by atoms with Crippen LogP contribution in [0.5, 0.6) is 0 Å². The second-order valence-electron chi connectivity index (χ2n) is 10.6. The second kappa shape index (κ2) is 12.6. The van der Waals surface area contributed by atoms with Gasteiger partial charge in [-0.2, -0.15) is 0 Å². The van der Waals surface area contributed by atoms with Gasteiger partial charge in [-0.1, -0.05) is 24.3 Å². The highest BCUT2D eigenvalue weighted by atomic mass is 32.2. The standard InChI is InChI=1S/C30H31N3O10S/c1-18-25(29(35)42-15-13-32-28(34)23-11-3-4-12-24(23)44(32,39)40)27(20-8-7-9-21(16-20)33(37)38)26(19(2)31-18)30(36)43-17-22-10-5-6-14-41-22/h3-4,7-9,11-12,16,22,27,31H,5-6,10,13-15,17H2,1-2H3/t22-,27-/m1/s1. The number of benzene rings is 2. The third-order valence-electron chi connectivity index (χ3n) is 7.73. The van der Waals surface area contributed by atoms with E-state index in [2.05, 4.69) is 5.32 Å². The van der Waals surface area contributed by atoms with Gasteiger partial charge in [0.05, 0.1) is 40.2 Å². The first kappa shape index (κ1) is 30.9. The van der Waals surface area contributed by atoms with Crippen LogP contribution in [0.2, 0.25) is 0 Å². The molecule has 0 aromatic heterocycles. The van der Waals surface area contributed by atoms with Crippen LogP contribution in [0.15, 0.2) is 76.0 Å². The van der Waals surface area contributed by atoms with Gasteiger partial charge in [0.25, 0.3) is 21.6 Å². The van der Waals surface area contributed by atoms with E-state index in [9.17, 15) is 32.9 Å². The number of nitro benzene ring substituents is 1. The van der Waals surface area contributed by atoms with Gasteiger partial charge in [0, 0.05) is 30.1 Å². The summed E-state index contributed by atoms with van der Waals surface area (Å²) in [4.78, 5) is 50.8. The number of sulfonamides is 1. The Morgan fingerprint density at radius 3 is 2.41 bits per heavy atom. The molecule has 2 aromatic rings. The van der Waals surface area contributed by atoms with Gasteiger partial charge in [-0.15, -0.1) is 0 Å². The first-order valence-electron chi connectivity index (χ1n) is 14.1. The molecule has 1 amide bonds. The highest BCUT2D eigenvalue weighted by Gasteiger charge is 2.42. The molecular weight excluding hydrogens is 594 g/mol. The zero-order chi connectivity index (χ0) is 31.6. The van der Waals surface area contributed by atoms with E-state index < -0.39 is 51.9 Å². The van der Waals surface area contributed by atoms with E-state index in [1.807, 2.05) is 0 Å². The van der Waals surface area contributed by atoms with Crippen molar-refractivity contribution in [1.29, 1.82) is 0 Å². The minimum Gasteiger partial charge on any atom is -0.460 e. The maximum absolute atomic E-state index is 13.6. The lowest BCUT2D eigenvalue weighted by molar-refractivity contribution is -0.384. The molecule has 2 atom stereocenters. The van der Waals surface area contributed by atoms with Crippen molar-refractivity contribution in [3.05, 3.63) is 92.3 Å². The molecule has 1 fully saturated rings. The number of nitrogens with zero attached hydrogens (tertiary/aromatic N) is 2. The van der Waals surface area contributed by atoms with Crippen molar-refractivity contribution >= 4 is 33.6 Å². The highest BCUT2D eigenvalue weighted by Crippen LogP contribution is 2.40. The summed E-state index contributed by atoms with van der Waals surface area (Å²) in [5.41, 5.74) is 0.819. The zero-order valence-corrected chi connectivity index (χ0v) is 24.9. The number of nitrogens with one attached hydrogen (secondary N) is 1. The van der Waals surface area contributed by atoms with Gasteiger partial charge in [0.2, 0.25) is 0 Å². The lowest BCUT2D eigenvalue weighted by Crippen LogP contribution is -2.36. The summed E-state index contributed by atoms with van der Waals surface area (Å²) in [6.45, 7) is 2.88. The number of esters is 2. The monoisotopic (exact) mass is 625 g/mol. The number of amides is 1. The first-order chi connectivity index (χ1) is 21.0. The molecule has 1 N–H and O–H groups in total. The van der Waals surface area contributed by atoms with Gasteiger partial charge in [0.15, 0.2) is 0 Å². The number of fused-ring (bicyclic) bond motifs is 1. The molecule has 0 saturated carbocycles. The molecule has 3 aliphatic rings. The van der Waals surface area contributed by atoms with Crippen LogP contribution in [0.3, 0.4) is 0 Å². The molecule has 1 saturated heterocycles. The van der Waals surface area contributed by atoms with E-state index in [0.29, 0.717) is 22.3 Å². The molecule has 0 spiro atoms. The fraction of sp³-hybridized carbons (Fsp3) is 0.367. The molecule has 13 nitrogen and oxygen atoms in total. The second-order valence-corrected chi connectivity index (χ2v) is 12.4. The molecule has 0 aliphatic carbocycles. The molecule has 44 heavy (non-hydrogen) atoms. The number of carbonyl (C=O) groups is 3. The van der Waals surface area contributed by atoms with Gasteiger partial charge in [-0.25, -0.2) is 22.3 Å². The fourth-order valence-electron chi connectivity index (χ4n) is 5.62. The van der Waals surface area contributed by atoms with Gasteiger partial charge in [-0.3, -0.25) is 14.9 Å². The van der Waals surface area contributed by atoms with Crippen molar-refractivity contribution in [3.8, 4) is 0 Å². The number of nitro groups is 1. The highest BCUT2D eigenvalue weighted by molar-refractivity contribution is 7.90. The zero-order valence-electron chi connectivity index (χ0n) is 24.1. The summed E-state index contributed by atoms with van der Waals surface area (Å²) >= 11 is 0. The van der Waals surface area contributed by atoms with Gasteiger partial charge >= 0.3 is 11.9 Å². The largest absolute Gasteiger partial charge is 0.460 e. The van der Waals surface area contributed by atoms with Crippen LogP contribution >= 0.6 is 0 Å². The van der Waals surface area contributed by atoms with Gasteiger partial charge in [0.1, 0.15) is 18.1 Å². The predicted molar refractivity (Wildman–Crippen MR) is 155 cm³/mol. The van der Waals surface area contributed by atoms with Crippen molar-refractivity contribution in [2.45, 2.75) is 50.0 Å². The molecular formula is C30H31N3O10S. The summed E-state index contributed by atoms with van der Waals surface area (Å²) in [5, 5.41) is 14.6. The number of hydrogen-bond acceptors (Lipinski definition) is 11. The summed E-state index contributed by atoms with van der Waals surface area (Å²) in [6.07, 6.45) is 2.33. The number of rotatable bonds is 9. The Labute approximate surface area is 253 Å². The smallest absolute Gasteiger partial charge is 0.336 e. The van der Waals surface area contributed by atoms with Crippen LogP contribution < -0.4 is 5.32 Å². The molecule has 2 aromatic carbocycles. The van der Waals surface area contributed by atoms with Crippen molar-refractivity contribution in [2.24, 2.45) is 0 Å². The third kappa shape index (κ3) is 5.95. The SMILES string of the molecule is CC1=C(C(=O)OCCN2C(=O)c3ccccc3S2(=O)=O)[C@@H](c2cccc([N+](=O)[O-])c2)C(C(=O)OC[C@H]2CCCCO2)=C(C)N1. The molecule has 14 heteroatoms. The predicted octanol–water partition coefficient (Wildman–Crippen LogP) is 3.33. The van der Waals surface area contributed by atoms with Gasteiger partial charge in [-0.05, 0) is 50.8 Å². The van der Waals surface area contributed by atoms with E-state index in [1.165, 1.54) is 36.4 Å². The average Bonchev–Trinajstić information content (AvgIpc) is 3.20. The normalized spacial score (nSPS) is 21.0. The van der Waals surface area contributed by atoms with Crippen LogP contribution in [0.4, 0.5) is 5.69 Å². The maximum atomic E-state index is 13.6. The molecule has 0 radical (unpaired) electrons. The van der Waals surface area contributed by atoms with Crippen LogP contribution in [0, 0.1) is 10.1 Å². The Morgan fingerprint density at radius 1 is 1.05 bits per heavy atom. The number of carbonyl (C=O) groups excluding carboxylic acids is 3. The molecule has 3 aliphatic heterocycles. The Hall–Kier alpha value is -4.56. The summed E-state index contributed by atoms with van der Waals surface area (Å²) in [5.74, 6) is -3.47. The van der Waals surface area contributed by atoms with E-state index in [0.717, 1.165) is 19.3 Å². The van der Waals surface area contributed by atoms with Crippen molar-refractivity contribution in [1.82, 2.24) is 9.62 Å². The van der Waals surface area contributed by atoms with E-state index in [-0.39, 0.29) is 45.6 Å². The minimum absolute atomic E-state index is 0.000469. The van der Waals surface area contributed by atoms with Crippen LogP contribution in [0.25, 0.3) is 0 Å². The van der Waals surface area contributed by atoms with Crippen LogP contribution in [-0.2, 0) is 33.8 Å². The molecule has 5 rings (SSSR count). The topological polar surface area (TPSA) is 171 Å². The Bertz CT molecular complexity index is 1690. The van der Waals surface area contributed by atoms with E-state index >= 15 is 0 Å². The van der Waals surface area contributed by atoms with E-state index in [1.54, 1.807) is 26.0 Å². The number of allylic oxidation sites excluding steroid dienone is 2. The minimum atomic E-state index is -4.11. The summed E-state index contributed by atoms with van der Waals surface area (Å²) in [7, 11) is -4.11. The fourth-order valence-corrected chi connectivity index (χ4v) is 7.18. The summed E-state index contributed by atoms with van der Waals surface area (Å²) < 4.78 is 43.2. The Morgan fingerprint density at radius 2 is 1.75 bits per heavy atom. The molecule has 0 bridgehead atoms. The Balaban J connectivity index is 1.40. The molecule has 3 heterocycles. The number of hydrogen-bond donors (Lipinski definition) is 1. The first-order valence-corrected chi connectivity index (χ1v) is 15.5. The van der Waals surface area contributed by atoms with E-state index in [4.69, 9.17) is 14.2 Å². The van der Waals surface area contributed by atoms with Crippen molar-refractivity contribution < 1.29 is 41.9 Å². The number of non-ortho nitro benzene ring substituents is 1.